The third-order valence-electron chi connectivity index (χ3n) is 4.23. The van der Waals surface area contributed by atoms with Gasteiger partial charge in [-0.25, -0.2) is 0 Å². The van der Waals surface area contributed by atoms with Crippen LogP contribution in [0, 0.1) is 0 Å². The van der Waals surface area contributed by atoms with Crippen LogP contribution >= 0.6 is 0 Å². The van der Waals surface area contributed by atoms with Crippen LogP contribution in [0.15, 0.2) is 18.2 Å². The van der Waals surface area contributed by atoms with E-state index < -0.39 is 0 Å². The first-order chi connectivity index (χ1) is 9.34. The van der Waals surface area contributed by atoms with Gasteiger partial charge in [-0.1, -0.05) is 25.3 Å². The van der Waals surface area contributed by atoms with Crippen molar-refractivity contribution < 1.29 is 4.79 Å². The fraction of sp³-hybridized carbons (Fsp3) is 0.562. The highest BCUT2D eigenvalue weighted by atomic mass is 16.2. The number of amides is 1. The molecule has 1 N–H and O–H groups in total. The molecular weight excluding hydrogens is 236 g/mol. The van der Waals surface area contributed by atoms with Gasteiger partial charge < -0.3 is 10.2 Å². The van der Waals surface area contributed by atoms with E-state index in [1.807, 2.05) is 11.0 Å². The first kappa shape index (κ1) is 12.7. The lowest BCUT2D eigenvalue weighted by Gasteiger charge is -2.25. The van der Waals surface area contributed by atoms with Gasteiger partial charge in [0.05, 0.1) is 0 Å². The van der Waals surface area contributed by atoms with Gasteiger partial charge in [0.25, 0.3) is 5.91 Å². The van der Waals surface area contributed by atoms with Crippen molar-refractivity contribution in [3.05, 3.63) is 34.9 Å². The van der Waals surface area contributed by atoms with Crippen molar-refractivity contribution in [1.29, 1.82) is 0 Å². The molecule has 0 unspecified atom stereocenters. The fourth-order valence-corrected chi connectivity index (χ4v) is 3.06. The molecule has 2 aliphatic heterocycles. The summed E-state index contributed by atoms with van der Waals surface area (Å²) in [6, 6.07) is 6.18. The lowest BCUT2D eigenvalue weighted by Crippen LogP contribution is -2.33. The highest BCUT2D eigenvalue weighted by molar-refractivity contribution is 5.94. The van der Waals surface area contributed by atoms with Gasteiger partial charge in [-0.05, 0) is 36.1 Å². The van der Waals surface area contributed by atoms with E-state index in [4.69, 9.17) is 0 Å². The predicted molar refractivity (Wildman–Crippen MR) is 76.0 cm³/mol. The number of nitrogens with zero attached hydrogens (tertiary/aromatic N) is 1. The second kappa shape index (κ2) is 5.74. The lowest BCUT2D eigenvalue weighted by atomic mass is 10.0. The minimum atomic E-state index is 0.219. The molecule has 0 saturated carbocycles. The SMILES string of the molecule is O=C(c1ccc2c(c1)CNC2)N1CCCCCCC1. The molecule has 0 aliphatic carbocycles. The van der Waals surface area contributed by atoms with Crippen LogP contribution in [0.5, 0.6) is 0 Å². The van der Waals surface area contributed by atoms with Crippen LogP contribution in [0.2, 0.25) is 0 Å². The van der Waals surface area contributed by atoms with Crippen LogP contribution in [0.25, 0.3) is 0 Å². The van der Waals surface area contributed by atoms with Crippen molar-refractivity contribution >= 4 is 5.91 Å². The number of hydrogen-bond acceptors (Lipinski definition) is 2. The number of rotatable bonds is 1. The first-order valence-electron chi connectivity index (χ1n) is 7.46. The summed E-state index contributed by atoms with van der Waals surface area (Å²) in [6.45, 7) is 3.69. The average molecular weight is 258 g/mol. The van der Waals surface area contributed by atoms with Gasteiger partial charge in [0.15, 0.2) is 0 Å². The Morgan fingerprint density at radius 1 is 0.947 bits per heavy atom. The smallest absolute Gasteiger partial charge is 0.253 e. The van der Waals surface area contributed by atoms with E-state index in [-0.39, 0.29) is 5.91 Å². The van der Waals surface area contributed by atoms with E-state index in [0.29, 0.717) is 0 Å². The number of hydrogen-bond donors (Lipinski definition) is 1. The minimum Gasteiger partial charge on any atom is -0.339 e. The topological polar surface area (TPSA) is 32.3 Å². The zero-order valence-corrected chi connectivity index (χ0v) is 11.5. The van der Waals surface area contributed by atoms with Gasteiger partial charge in [-0.3, -0.25) is 4.79 Å². The van der Waals surface area contributed by atoms with E-state index in [1.54, 1.807) is 0 Å². The Kier molecular flexibility index (Phi) is 3.83. The average Bonchev–Trinajstić information content (AvgIpc) is 2.84. The van der Waals surface area contributed by atoms with E-state index in [2.05, 4.69) is 17.4 Å². The molecule has 0 bridgehead atoms. The summed E-state index contributed by atoms with van der Waals surface area (Å²) in [5, 5.41) is 3.33. The largest absolute Gasteiger partial charge is 0.339 e. The minimum absolute atomic E-state index is 0.219. The molecule has 19 heavy (non-hydrogen) atoms. The summed E-state index contributed by atoms with van der Waals surface area (Å²) in [7, 11) is 0. The van der Waals surface area contributed by atoms with Crippen LogP contribution < -0.4 is 5.32 Å². The third-order valence-corrected chi connectivity index (χ3v) is 4.23. The fourth-order valence-electron chi connectivity index (χ4n) is 3.06. The molecule has 1 amide bonds. The Labute approximate surface area is 115 Å². The maximum atomic E-state index is 12.6. The van der Waals surface area contributed by atoms with Gasteiger partial charge in [0.2, 0.25) is 0 Å². The summed E-state index contributed by atoms with van der Waals surface area (Å²) in [5.74, 6) is 0.219. The predicted octanol–water partition coefficient (Wildman–Crippen LogP) is 2.70. The molecule has 3 nitrogen and oxygen atoms in total. The van der Waals surface area contributed by atoms with Crippen molar-refractivity contribution in [3.8, 4) is 0 Å². The van der Waals surface area contributed by atoms with Crippen molar-refractivity contribution in [2.45, 2.75) is 45.2 Å². The van der Waals surface area contributed by atoms with Crippen LogP contribution in [-0.2, 0) is 13.1 Å². The number of carbonyl (C=O) groups excluding carboxylic acids is 1. The quantitative estimate of drug-likeness (QED) is 0.840. The van der Waals surface area contributed by atoms with Crippen molar-refractivity contribution in [1.82, 2.24) is 10.2 Å². The highest BCUT2D eigenvalue weighted by Gasteiger charge is 2.19. The molecule has 2 heterocycles. The van der Waals surface area contributed by atoms with Crippen LogP contribution in [0.4, 0.5) is 0 Å². The van der Waals surface area contributed by atoms with Crippen molar-refractivity contribution in [2.75, 3.05) is 13.1 Å². The number of benzene rings is 1. The molecule has 1 saturated heterocycles. The second-order valence-corrected chi connectivity index (χ2v) is 5.65. The van der Waals surface area contributed by atoms with Crippen LogP contribution in [-0.4, -0.2) is 23.9 Å². The number of likely N-dealkylation sites (tertiary alicyclic amines) is 1. The monoisotopic (exact) mass is 258 g/mol. The zero-order chi connectivity index (χ0) is 13.1. The number of carbonyl (C=O) groups is 1. The molecule has 1 fully saturated rings. The molecule has 0 spiro atoms. The van der Waals surface area contributed by atoms with Gasteiger partial charge in [-0.2, -0.15) is 0 Å². The van der Waals surface area contributed by atoms with E-state index in [1.165, 1.54) is 30.4 Å². The Balaban J connectivity index is 1.75. The molecule has 2 aliphatic rings. The van der Waals surface area contributed by atoms with E-state index in [0.717, 1.165) is 44.6 Å². The number of fused-ring (bicyclic) bond motifs is 1. The Morgan fingerprint density at radius 3 is 2.42 bits per heavy atom. The van der Waals surface area contributed by atoms with Crippen LogP contribution in [0.1, 0.15) is 53.6 Å². The maximum Gasteiger partial charge on any atom is 0.253 e. The zero-order valence-electron chi connectivity index (χ0n) is 11.5. The first-order valence-corrected chi connectivity index (χ1v) is 7.46. The summed E-state index contributed by atoms with van der Waals surface area (Å²) < 4.78 is 0. The molecule has 3 rings (SSSR count). The van der Waals surface area contributed by atoms with Gasteiger partial charge in [0, 0.05) is 31.7 Å². The Hall–Kier alpha value is -1.35. The van der Waals surface area contributed by atoms with Crippen molar-refractivity contribution in [2.24, 2.45) is 0 Å². The third kappa shape index (κ3) is 2.81. The Bertz CT molecular complexity index is 462. The molecule has 102 valence electrons. The number of nitrogens with one attached hydrogen (secondary N) is 1. The molecule has 0 aromatic heterocycles. The maximum absolute atomic E-state index is 12.6. The molecule has 0 atom stereocenters. The summed E-state index contributed by atoms with van der Waals surface area (Å²) in [4.78, 5) is 14.6. The molecule has 1 aromatic rings. The van der Waals surface area contributed by atoms with Gasteiger partial charge in [0.1, 0.15) is 0 Å². The Morgan fingerprint density at radius 2 is 1.63 bits per heavy atom. The van der Waals surface area contributed by atoms with E-state index in [9.17, 15) is 4.79 Å². The van der Waals surface area contributed by atoms with Crippen LogP contribution in [0.3, 0.4) is 0 Å². The summed E-state index contributed by atoms with van der Waals surface area (Å²) in [6.07, 6.45) is 6.15. The highest BCUT2D eigenvalue weighted by Crippen LogP contribution is 2.19. The lowest BCUT2D eigenvalue weighted by molar-refractivity contribution is 0.0742. The molecule has 1 aromatic carbocycles. The van der Waals surface area contributed by atoms with Crippen molar-refractivity contribution in [3.63, 3.8) is 0 Å². The summed E-state index contributed by atoms with van der Waals surface area (Å²) in [5.41, 5.74) is 3.49. The molecular formula is C16H22N2O. The second-order valence-electron chi connectivity index (χ2n) is 5.65. The molecule has 3 heteroatoms. The normalized spacial score (nSPS) is 19.7. The standard InChI is InChI=1S/C16H22N2O/c19-16(18-8-4-2-1-3-5-9-18)13-6-7-14-11-17-12-15(14)10-13/h6-7,10,17H,1-5,8-9,11-12H2. The summed E-state index contributed by atoms with van der Waals surface area (Å²) >= 11 is 0. The van der Waals surface area contributed by atoms with E-state index >= 15 is 0 Å². The van der Waals surface area contributed by atoms with Gasteiger partial charge >= 0.3 is 0 Å². The molecule has 0 radical (unpaired) electrons. The van der Waals surface area contributed by atoms with Gasteiger partial charge in [-0.15, -0.1) is 0 Å².